The van der Waals surface area contributed by atoms with Gasteiger partial charge in [-0.2, -0.15) is 5.26 Å². The maximum absolute atomic E-state index is 13.7. The van der Waals surface area contributed by atoms with Gasteiger partial charge >= 0.3 is 5.97 Å². The molecule has 0 bridgehead atoms. The molecule has 0 aliphatic carbocycles. The van der Waals surface area contributed by atoms with Crippen LogP contribution < -0.4 is 4.74 Å². The van der Waals surface area contributed by atoms with Gasteiger partial charge in [-0.1, -0.05) is 6.07 Å². The Bertz CT molecular complexity index is 720. The number of carbonyl (C=O) groups is 1. The molecule has 0 aromatic heterocycles. The Kier molecular flexibility index (Phi) is 3.67. The minimum atomic E-state index is -1.16. The highest BCUT2D eigenvalue weighted by atomic mass is 19.1. The van der Waals surface area contributed by atoms with Crippen LogP contribution in [0.1, 0.15) is 21.5 Å². The van der Waals surface area contributed by atoms with Gasteiger partial charge in [0.05, 0.1) is 11.6 Å². The highest BCUT2D eigenvalue weighted by Gasteiger charge is 2.14. The van der Waals surface area contributed by atoms with Crippen LogP contribution in [0.15, 0.2) is 36.4 Å². The first kappa shape index (κ1) is 13.6. The van der Waals surface area contributed by atoms with Crippen LogP contribution in [0, 0.1) is 24.1 Å². The molecule has 2 rings (SSSR count). The molecule has 0 atom stereocenters. The molecule has 0 unspecified atom stereocenters. The summed E-state index contributed by atoms with van der Waals surface area (Å²) in [6, 6.07) is 10.1. The third kappa shape index (κ3) is 2.75. The van der Waals surface area contributed by atoms with Crippen LogP contribution in [-0.2, 0) is 0 Å². The molecule has 1 N–H and O–H groups in total. The van der Waals surface area contributed by atoms with Gasteiger partial charge < -0.3 is 9.84 Å². The van der Waals surface area contributed by atoms with Crippen molar-refractivity contribution in [2.45, 2.75) is 6.92 Å². The topological polar surface area (TPSA) is 70.3 Å². The number of hydrogen-bond acceptors (Lipinski definition) is 3. The maximum atomic E-state index is 13.7. The maximum Gasteiger partial charge on any atom is 0.339 e. The number of rotatable bonds is 3. The zero-order valence-electron chi connectivity index (χ0n) is 10.6. The molecule has 0 aliphatic heterocycles. The van der Waals surface area contributed by atoms with Crippen molar-refractivity contribution in [2.75, 3.05) is 0 Å². The van der Waals surface area contributed by atoms with Crippen molar-refractivity contribution in [2.24, 2.45) is 0 Å². The number of aromatic carboxylic acids is 1. The van der Waals surface area contributed by atoms with E-state index in [-0.39, 0.29) is 22.6 Å². The van der Waals surface area contributed by atoms with Crippen molar-refractivity contribution in [1.29, 1.82) is 5.26 Å². The summed E-state index contributed by atoms with van der Waals surface area (Å²) in [5.41, 5.74) is 0.899. The fourth-order valence-corrected chi connectivity index (χ4v) is 1.66. The number of hydrogen-bond donors (Lipinski definition) is 1. The number of nitrogens with zero attached hydrogens (tertiary/aromatic N) is 1. The molecule has 0 radical (unpaired) electrons. The van der Waals surface area contributed by atoms with E-state index in [0.29, 0.717) is 0 Å². The molecular weight excluding hydrogens is 261 g/mol. The summed E-state index contributed by atoms with van der Waals surface area (Å²) in [6.45, 7) is 1.77. The molecule has 0 fully saturated rings. The summed E-state index contributed by atoms with van der Waals surface area (Å²) in [5.74, 6) is -1.95. The highest BCUT2D eigenvalue weighted by molar-refractivity contribution is 5.91. The van der Waals surface area contributed by atoms with Gasteiger partial charge in [-0.3, -0.25) is 0 Å². The molecule has 0 saturated carbocycles. The van der Waals surface area contributed by atoms with Gasteiger partial charge in [-0.25, -0.2) is 9.18 Å². The third-order valence-corrected chi connectivity index (χ3v) is 2.65. The van der Waals surface area contributed by atoms with Crippen molar-refractivity contribution in [3.05, 3.63) is 58.9 Å². The second kappa shape index (κ2) is 5.41. The van der Waals surface area contributed by atoms with Crippen LogP contribution in [0.5, 0.6) is 11.5 Å². The van der Waals surface area contributed by atoms with Crippen molar-refractivity contribution in [3.63, 3.8) is 0 Å². The summed E-state index contributed by atoms with van der Waals surface area (Å²) in [6.07, 6.45) is 0. The lowest BCUT2D eigenvalue weighted by Crippen LogP contribution is -2.01. The normalized spacial score (nSPS) is 9.85. The van der Waals surface area contributed by atoms with Crippen molar-refractivity contribution in [1.82, 2.24) is 0 Å². The average Bonchev–Trinajstić information content (AvgIpc) is 2.40. The fraction of sp³-hybridized carbons (Fsp3) is 0.0667. The molecule has 5 heteroatoms. The van der Waals surface area contributed by atoms with Gasteiger partial charge in [0.25, 0.3) is 0 Å². The molecule has 100 valence electrons. The smallest absolute Gasteiger partial charge is 0.339 e. The summed E-state index contributed by atoms with van der Waals surface area (Å²) >= 11 is 0. The van der Waals surface area contributed by atoms with E-state index < -0.39 is 11.8 Å². The first-order valence-corrected chi connectivity index (χ1v) is 5.72. The second-order valence-electron chi connectivity index (χ2n) is 4.16. The number of carboxylic acids is 1. The second-order valence-corrected chi connectivity index (χ2v) is 4.16. The molecular formula is C15H10FNO3. The molecule has 4 nitrogen and oxygen atoms in total. The van der Waals surface area contributed by atoms with Crippen molar-refractivity contribution in [3.8, 4) is 17.6 Å². The van der Waals surface area contributed by atoms with E-state index in [0.717, 1.165) is 11.6 Å². The van der Waals surface area contributed by atoms with Crippen molar-refractivity contribution < 1.29 is 19.0 Å². The Morgan fingerprint density at radius 3 is 2.60 bits per heavy atom. The van der Waals surface area contributed by atoms with Gasteiger partial charge in [-0.05, 0) is 42.8 Å². The Balaban J connectivity index is 2.42. The van der Waals surface area contributed by atoms with E-state index in [1.54, 1.807) is 13.0 Å². The molecule has 2 aromatic rings. The summed E-state index contributed by atoms with van der Waals surface area (Å²) in [4.78, 5) is 11.1. The molecule has 0 heterocycles. The Hall–Kier alpha value is -2.87. The lowest BCUT2D eigenvalue weighted by atomic mass is 10.1. The number of benzene rings is 2. The van der Waals surface area contributed by atoms with Gasteiger partial charge in [0, 0.05) is 0 Å². The summed E-state index contributed by atoms with van der Waals surface area (Å²) in [5, 5.41) is 17.7. The molecule has 2 aromatic carbocycles. The highest BCUT2D eigenvalue weighted by Crippen LogP contribution is 2.29. The number of carboxylic acid groups (broad SMARTS) is 1. The van der Waals surface area contributed by atoms with E-state index in [1.165, 1.54) is 24.3 Å². The lowest BCUT2D eigenvalue weighted by Gasteiger charge is -2.10. The monoisotopic (exact) mass is 271 g/mol. The first-order chi connectivity index (χ1) is 9.51. The predicted octanol–water partition coefficient (Wildman–Crippen LogP) is 3.50. The number of halogens is 1. The first-order valence-electron chi connectivity index (χ1n) is 5.72. The Morgan fingerprint density at radius 1 is 1.25 bits per heavy atom. The van der Waals surface area contributed by atoms with Crippen LogP contribution in [-0.4, -0.2) is 11.1 Å². The van der Waals surface area contributed by atoms with Crippen LogP contribution >= 0.6 is 0 Å². The fourth-order valence-electron chi connectivity index (χ4n) is 1.66. The van der Waals surface area contributed by atoms with E-state index in [1.807, 2.05) is 6.07 Å². The SMILES string of the molecule is Cc1ccc(C(=O)O)c(Oc2ccc(C#N)cc2F)c1. The van der Waals surface area contributed by atoms with E-state index in [2.05, 4.69) is 0 Å². The van der Waals surface area contributed by atoms with E-state index in [4.69, 9.17) is 15.1 Å². The van der Waals surface area contributed by atoms with Gasteiger partial charge in [-0.15, -0.1) is 0 Å². The van der Waals surface area contributed by atoms with Crippen LogP contribution in [0.4, 0.5) is 4.39 Å². The Labute approximate surface area is 114 Å². The Morgan fingerprint density at radius 2 is 2.00 bits per heavy atom. The molecule has 0 spiro atoms. The zero-order chi connectivity index (χ0) is 14.7. The predicted molar refractivity (Wildman–Crippen MR) is 69.3 cm³/mol. The van der Waals surface area contributed by atoms with E-state index >= 15 is 0 Å². The molecule has 0 saturated heterocycles. The lowest BCUT2D eigenvalue weighted by molar-refractivity contribution is 0.0694. The molecule has 20 heavy (non-hydrogen) atoms. The average molecular weight is 271 g/mol. The van der Waals surface area contributed by atoms with Crippen LogP contribution in [0.25, 0.3) is 0 Å². The largest absolute Gasteiger partial charge is 0.478 e. The van der Waals surface area contributed by atoms with Crippen LogP contribution in [0.3, 0.4) is 0 Å². The van der Waals surface area contributed by atoms with Crippen LogP contribution in [0.2, 0.25) is 0 Å². The summed E-state index contributed by atoms with van der Waals surface area (Å²) < 4.78 is 19.0. The molecule has 0 amide bonds. The minimum absolute atomic E-state index is 0.0561. The van der Waals surface area contributed by atoms with Gasteiger partial charge in [0.2, 0.25) is 0 Å². The number of aryl methyl sites for hydroxylation is 1. The minimum Gasteiger partial charge on any atom is -0.478 e. The molecule has 0 aliphatic rings. The standard InChI is InChI=1S/C15H10FNO3/c1-9-2-4-11(15(18)19)14(6-9)20-13-5-3-10(8-17)7-12(13)16/h2-7H,1H3,(H,18,19). The summed E-state index contributed by atoms with van der Waals surface area (Å²) in [7, 11) is 0. The number of ether oxygens (including phenoxy) is 1. The quantitative estimate of drug-likeness (QED) is 0.927. The van der Waals surface area contributed by atoms with Crippen molar-refractivity contribution >= 4 is 5.97 Å². The number of nitriles is 1. The van der Waals surface area contributed by atoms with E-state index in [9.17, 15) is 9.18 Å². The third-order valence-electron chi connectivity index (χ3n) is 2.65. The van der Waals surface area contributed by atoms with Gasteiger partial charge in [0.15, 0.2) is 11.6 Å². The van der Waals surface area contributed by atoms with Gasteiger partial charge in [0.1, 0.15) is 11.3 Å². The zero-order valence-corrected chi connectivity index (χ0v) is 10.6.